The van der Waals surface area contributed by atoms with Gasteiger partial charge in [-0.15, -0.1) is 0 Å². The molecular formula is C16H12O2Ru. The molecule has 2 aromatic rings. The Kier molecular flexibility index (Phi) is 3.97. The third-order valence-electron chi connectivity index (χ3n) is 3.19. The third kappa shape index (κ3) is 2.39. The molecule has 2 nitrogen and oxygen atoms in total. The van der Waals surface area contributed by atoms with E-state index < -0.39 is 5.97 Å². The molecule has 1 aliphatic rings. The summed E-state index contributed by atoms with van der Waals surface area (Å²) in [6.07, 6.45) is 1.99. The predicted molar refractivity (Wildman–Crippen MR) is 70.5 cm³/mol. The normalized spacial score (nSPS) is 10.9. The SMILES string of the molecule is C=CC(=O)Oc1cccc2c1Cc1ccccc1-2.[Ru]. The van der Waals surface area contributed by atoms with Gasteiger partial charge in [-0.3, -0.25) is 0 Å². The largest absolute Gasteiger partial charge is 0.423 e. The van der Waals surface area contributed by atoms with Crippen LogP contribution in [-0.2, 0) is 30.7 Å². The number of hydrogen-bond donors (Lipinski definition) is 0. The fourth-order valence-corrected chi connectivity index (χ4v) is 2.37. The van der Waals surface area contributed by atoms with Crippen molar-refractivity contribution in [3.05, 3.63) is 66.2 Å². The molecule has 0 spiro atoms. The first-order valence-corrected chi connectivity index (χ1v) is 5.84. The number of carbonyl (C=O) groups is 1. The maximum Gasteiger partial charge on any atom is 0.335 e. The summed E-state index contributed by atoms with van der Waals surface area (Å²) in [5.41, 5.74) is 4.73. The average molecular weight is 337 g/mol. The van der Waals surface area contributed by atoms with E-state index in [4.69, 9.17) is 4.74 Å². The molecule has 0 fully saturated rings. The van der Waals surface area contributed by atoms with Crippen LogP contribution in [-0.4, -0.2) is 5.97 Å². The minimum atomic E-state index is -0.417. The second kappa shape index (κ2) is 5.50. The van der Waals surface area contributed by atoms with Crippen LogP contribution in [0, 0.1) is 0 Å². The number of carbonyl (C=O) groups excluding carboxylic acids is 1. The van der Waals surface area contributed by atoms with Crippen LogP contribution in [0.5, 0.6) is 5.75 Å². The van der Waals surface area contributed by atoms with Gasteiger partial charge in [0.15, 0.2) is 0 Å². The van der Waals surface area contributed by atoms with Crippen LogP contribution in [0.15, 0.2) is 55.1 Å². The topological polar surface area (TPSA) is 26.3 Å². The van der Waals surface area contributed by atoms with Gasteiger partial charge in [0.1, 0.15) is 5.75 Å². The molecule has 0 N–H and O–H groups in total. The molecule has 19 heavy (non-hydrogen) atoms. The Morgan fingerprint density at radius 2 is 1.84 bits per heavy atom. The zero-order valence-corrected chi connectivity index (χ0v) is 11.9. The van der Waals surface area contributed by atoms with Gasteiger partial charge >= 0.3 is 5.97 Å². The summed E-state index contributed by atoms with van der Waals surface area (Å²) in [6, 6.07) is 14.1. The van der Waals surface area contributed by atoms with Crippen molar-refractivity contribution in [2.45, 2.75) is 6.42 Å². The van der Waals surface area contributed by atoms with E-state index in [2.05, 4.69) is 24.8 Å². The Labute approximate surface area is 124 Å². The third-order valence-corrected chi connectivity index (χ3v) is 3.19. The van der Waals surface area contributed by atoms with Gasteiger partial charge in [0.2, 0.25) is 0 Å². The number of fused-ring (bicyclic) bond motifs is 3. The first kappa shape index (κ1) is 13.7. The molecular weight excluding hydrogens is 325 g/mol. The van der Waals surface area contributed by atoms with Crippen LogP contribution in [0.4, 0.5) is 0 Å². The van der Waals surface area contributed by atoms with Crippen molar-refractivity contribution in [2.24, 2.45) is 0 Å². The molecule has 0 aromatic heterocycles. The van der Waals surface area contributed by atoms with Crippen LogP contribution in [0.25, 0.3) is 11.1 Å². The van der Waals surface area contributed by atoms with Gasteiger partial charge in [-0.25, -0.2) is 4.79 Å². The molecule has 3 heteroatoms. The number of ether oxygens (including phenoxy) is 1. The van der Waals surface area contributed by atoms with Gasteiger partial charge in [0.25, 0.3) is 0 Å². The van der Waals surface area contributed by atoms with E-state index in [9.17, 15) is 4.79 Å². The predicted octanol–water partition coefficient (Wildman–Crippen LogP) is 3.35. The molecule has 0 atom stereocenters. The van der Waals surface area contributed by atoms with E-state index in [0.29, 0.717) is 5.75 Å². The van der Waals surface area contributed by atoms with Crippen LogP contribution in [0.3, 0.4) is 0 Å². The van der Waals surface area contributed by atoms with Crippen LogP contribution in [0.1, 0.15) is 11.1 Å². The Hall–Kier alpha value is -1.73. The van der Waals surface area contributed by atoms with E-state index in [1.165, 1.54) is 17.2 Å². The molecule has 0 aliphatic heterocycles. The van der Waals surface area contributed by atoms with E-state index >= 15 is 0 Å². The Morgan fingerprint density at radius 1 is 1.11 bits per heavy atom. The molecule has 0 bridgehead atoms. The van der Waals surface area contributed by atoms with Crippen LogP contribution >= 0.6 is 0 Å². The smallest absolute Gasteiger partial charge is 0.335 e. The second-order valence-electron chi connectivity index (χ2n) is 4.24. The summed E-state index contributed by atoms with van der Waals surface area (Å²) in [4.78, 5) is 11.3. The molecule has 3 rings (SSSR count). The molecule has 96 valence electrons. The van der Waals surface area contributed by atoms with Crippen molar-refractivity contribution in [3.8, 4) is 16.9 Å². The molecule has 0 unspecified atom stereocenters. The molecule has 0 saturated heterocycles. The van der Waals surface area contributed by atoms with Gasteiger partial charge in [-0.05, 0) is 22.8 Å². The average Bonchev–Trinajstić information content (AvgIpc) is 2.78. The minimum Gasteiger partial charge on any atom is -0.423 e. The second-order valence-corrected chi connectivity index (χ2v) is 4.24. The summed E-state index contributed by atoms with van der Waals surface area (Å²) in [5.74, 6) is 0.216. The first-order chi connectivity index (χ1) is 8.79. The Balaban J connectivity index is 0.00000133. The van der Waals surface area contributed by atoms with E-state index in [-0.39, 0.29) is 19.5 Å². The van der Waals surface area contributed by atoms with Crippen LogP contribution < -0.4 is 4.74 Å². The summed E-state index contributed by atoms with van der Waals surface area (Å²) in [7, 11) is 0. The fourth-order valence-electron chi connectivity index (χ4n) is 2.37. The van der Waals surface area contributed by atoms with Crippen molar-refractivity contribution in [1.29, 1.82) is 0 Å². The standard InChI is InChI=1S/C16H12O2.Ru/c1-2-16(17)18-15-9-5-8-13-12-7-4-3-6-11(12)10-14(13)15;/h2-9H,1,10H2;. The van der Waals surface area contributed by atoms with E-state index in [1.807, 2.05) is 24.3 Å². The van der Waals surface area contributed by atoms with Crippen molar-refractivity contribution >= 4 is 5.97 Å². The first-order valence-electron chi connectivity index (χ1n) is 5.84. The van der Waals surface area contributed by atoms with Crippen molar-refractivity contribution in [1.82, 2.24) is 0 Å². The number of esters is 1. The number of benzene rings is 2. The minimum absolute atomic E-state index is 0. The van der Waals surface area contributed by atoms with Gasteiger partial charge in [0.05, 0.1) is 0 Å². The Morgan fingerprint density at radius 3 is 2.63 bits per heavy atom. The molecule has 2 aromatic carbocycles. The summed E-state index contributed by atoms with van der Waals surface area (Å²) in [5, 5.41) is 0. The van der Waals surface area contributed by atoms with Gasteiger partial charge in [-0.1, -0.05) is 43.0 Å². The molecule has 1 aliphatic carbocycles. The van der Waals surface area contributed by atoms with Crippen molar-refractivity contribution in [2.75, 3.05) is 0 Å². The van der Waals surface area contributed by atoms with Gasteiger partial charge in [-0.2, -0.15) is 0 Å². The fraction of sp³-hybridized carbons (Fsp3) is 0.0625. The maximum absolute atomic E-state index is 11.3. The van der Waals surface area contributed by atoms with E-state index in [1.54, 1.807) is 0 Å². The van der Waals surface area contributed by atoms with Crippen molar-refractivity contribution < 1.29 is 29.0 Å². The quantitative estimate of drug-likeness (QED) is 0.310. The molecule has 0 radical (unpaired) electrons. The molecule has 0 saturated carbocycles. The number of hydrogen-bond acceptors (Lipinski definition) is 2. The maximum atomic E-state index is 11.3. The Bertz CT molecular complexity index is 647. The zero-order valence-electron chi connectivity index (χ0n) is 10.2. The van der Waals surface area contributed by atoms with Gasteiger partial charge in [0, 0.05) is 37.5 Å². The zero-order chi connectivity index (χ0) is 12.5. The summed E-state index contributed by atoms with van der Waals surface area (Å²) in [6.45, 7) is 3.42. The monoisotopic (exact) mass is 338 g/mol. The van der Waals surface area contributed by atoms with Crippen molar-refractivity contribution in [3.63, 3.8) is 0 Å². The van der Waals surface area contributed by atoms with Gasteiger partial charge < -0.3 is 4.74 Å². The summed E-state index contributed by atoms with van der Waals surface area (Å²) < 4.78 is 5.28. The molecule has 0 heterocycles. The van der Waals surface area contributed by atoms with E-state index in [0.717, 1.165) is 17.5 Å². The summed E-state index contributed by atoms with van der Waals surface area (Å²) >= 11 is 0. The number of rotatable bonds is 2. The van der Waals surface area contributed by atoms with Crippen LogP contribution in [0.2, 0.25) is 0 Å². The molecule has 0 amide bonds.